The van der Waals surface area contributed by atoms with Gasteiger partial charge in [0.1, 0.15) is 5.82 Å². The minimum Gasteiger partial charge on any atom is -0.311 e. The van der Waals surface area contributed by atoms with Crippen LogP contribution in [0.2, 0.25) is 0 Å². The molecule has 2 rings (SSSR count). The number of hydrogen-bond donors (Lipinski definition) is 0. The Morgan fingerprint density at radius 2 is 1.83 bits per heavy atom. The van der Waals surface area contributed by atoms with Gasteiger partial charge in [-0.1, -0.05) is 0 Å². The molecule has 3 nitrogen and oxygen atoms in total. The van der Waals surface area contributed by atoms with Crippen molar-refractivity contribution < 1.29 is 13.6 Å². The number of halogens is 2. The number of anilines is 1. The van der Waals surface area contributed by atoms with Gasteiger partial charge >= 0.3 is 0 Å². The van der Waals surface area contributed by atoms with Crippen LogP contribution in [-0.2, 0) is 0 Å². The quantitative estimate of drug-likeness (QED) is 0.765. The van der Waals surface area contributed by atoms with E-state index in [0.29, 0.717) is 5.69 Å². The molecule has 0 radical (unpaired) electrons. The minimum absolute atomic E-state index is 0.189. The van der Waals surface area contributed by atoms with Crippen LogP contribution >= 0.6 is 0 Å². The van der Waals surface area contributed by atoms with Crippen molar-refractivity contribution in [3.8, 4) is 0 Å². The van der Waals surface area contributed by atoms with Crippen molar-refractivity contribution in [2.45, 2.75) is 0 Å². The third-order valence-corrected chi connectivity index (χ3v) is 2.49. The zero-order chi connectivity index (χ0) is 13.1. The van der Waals surface area contributed by atoms with Crippen LogP contribution in [-0.4, -0.2) is 17.9 Å². The summed E-state index contributed by atoms with van der Waals surface area (Å²) in [4.78, 5) is 16.7. The van der Waals surface area contributed by atoms with Gasteiger partial charge in [-0.15, -0.1) is 0 Å². The molecule has 0 N–H and O–H groups in total. The molecule has 0 saturated heterocycles. The number of carbonyl (C=O) groups excluding carboxylic acids is 1. The summed E-state index contributed by atoms with van der Waals surface area (Å²) in [5, 5.41) is 0. The Morgan fingerprint density at radius 1 is 1.17 bits per heavy atom. The topological polar surface area (TPSA) is 33.2 Å². The maximum atomic E-state index is 12.9. The second-order valence-corrected chi connectivity index (χ2v) is 3.71. The highest BCUT2D eigenvalue weighted by Gasteiger charge is 2.14. The SMILES string of the molecule is CN(C(=O)c1ccnc(F)c1)c1ccc(F)cc1. The Kier molecular flexibility index (Phi) is 3.32. The minimum atomic E-state index is -0.714. The number of hydrogen-bond acceptors (Lipinski definition) is 2. The molecule has 0 atom stereocenters. The van der Waals surface area contributed by atoms with Gasteiger partial charge in [0.05, 0.1) is 0 Å². The van der Waals surface area contributed by atoms with Gasteiger partial charge in [-0.2, -0.15) is 4.39 Å². The van der Waals surface area contributed by atoms with Gasteiger partial charge < -0.3 is 4.90 Å². The number of aromatic nitrogens is 1. The Balaban J connectivity index is 2.26. The molecular weight excluding hydrogens is 238 g/mol. The van der Waals surface area contributed by atoms with Gasteiger partial charge in [0.15, 0.2) is 0 Å². The molecule has 92 valence electrons. The normalized spacial score (nSPS) is 10.2. The predicted molar refractivity (Wildman–Crippen MR) is 63.3 cm³/mol. The Labute approximate surface area is 103 Å². The Morgan fingerprint density at radius 3 is 2.44 bits per heavy atom. The monoisotopic (exact) mass is 248 g/mol. The van der Waals surface area contributed by atoms with Gasteiger partial charge in [-0.3, -0.25) is 4.79 Å². The first-order valence-corrected chi connectivity index (χ1v) is 5.23. The Bertz CT molecular complexity index is 569. The van der Waals surface area contributed by atoms with Crippen LogP contribution in [0.5, 0.6) is 0 Å². The summed E-state index contributed by atoms with van der Waals surface area (Å²) in [7, 11) is 1.54. The van der Waals surface area contributed by atoms with Gasteiger partial charge in [0.2, 0.25) is 5.95 Å². The number of benzene rings is 1. The number of carbonyl (C=O) groups is 1. The number of rotatable bonds is 2. The van der Waals surface area contributed by atoms with E-state index in [-0.39, 0.29) is 17.3 Å². The van der Waals surface area contributed by atoms with E-state index in [1.54, 1.807) is 0 Å². The molecule has 0 aliphatic rings. The van der Waals surface area contributed by atoms with E-state index < -0.39 is 5.95 Å². The fourth-order valence-electron chi connectivity index (χ4n) is 1.51. The van der Waals surface area contributed by atoms with Gasteiger partial charge in [-0.25, -0.2) is 9.37 Å². The van der Waals surface area contributed by atoms with Gasteiger partial charge in [0.25, 0.3) is 5.91 Å². The van der Waals surface area contributed by atoms with E-state index in [2.05, 4.69) is 4.98 Å². The maximum Gasteiger partial charge on any atom is 0.258 e. The summed E-state index contributed by atoms with van der Waals surface area (Å²) in [5.41, 5.74) is 0.716. The standard InChI is InChI=1S/C13H10F2N2O/c1-17(11-4-2-10(14)3-5-11)13(18)9-6-7-16-12(15)8-9/h2-8H,1H3. The van der Waals surface area contributed by atoms with Crippen LogP contribution in [0.4, 0.5) is 14.5 Å². The molecule has 1 aromatic carbocycles. The summed E-state index contributed by atoms with van der Waals surface area (Å²) in [6.45, 7) is 0. The highest BCUT2D eigenvalue weighted by molar-refractivity contribution is 6.05. The Hall–Kier alpha value is -2.30. The molecule has 1 amide bonds. The molecule has 5 heteroatoms. The zero-order valence-corrected chi connectivity index (χ0v) is 9.60. The van der Waals surface area contributed by atoms with Crippen LogP contribution in [0.3, 0.4) is 0 Å². The zero-order valence-electron chi connectivity index (χ0n) is 9.60. The van der Waals surface area contributed by atoms with Crippen molar-refractivity contribution in [1.29, 1.82) is 0 Å². The average Bonchev–Trinajstić information content (AvgIpc) is 2.38. The van der Waals surface area contributed by atoms with E-state index in [1.807, 2.05) is 0 Å². The first-order chi connectivity index (χ1) is 8.58. The van der Waals surface area contributed by atoms with Gasteiger partial charge in [0, 0.05) is 30.6 Å². The predicted octanol–water partition coefficient (Wildman–Crippen LogP) is 2.64. The summed E-state index contributed by atoms with van der Waals surface area (Å²) in [6, 6.07) is 7.95. The van der Waals surface area contributed by atoms with E-state index in [1.165, 1.54) is 48.5 Å². The van der Waals surface area contributed by atoms with Crippen molar-refractivity contribution >= 4 is 11.6 Å². The lowest BCUT2D eigenvalue weighted by Crippen LogP contribution is -2.26. The molecule has 0 aliphatic heterocycles. The average molecular weight is 248 g/mol. The van der Waals surface area contributed by atoms with E-state index >= 15 is 0 Å². The second kappa shape index (κ2) is 4.91. The fourth-order valence-corrected chi connectivity index (χ4v) is 1.51. The molecule has 0 unspecified atom stereocenters. The molecule has 1 heterocycles. The molecule has 2 aromatic rings. The highest BCUT2D eigenvalue weighted by atomic mass is 19.1. The molecule has 18 heavy (non-hydrogen) atoms. The van der Waals surface area contributed by atoms with Crippen molar-refractivity contribution in [2.75, 3.05) is 11.9 Å². The summed E-state index contributed by atoms with van der Waals surface area (Å²) < 4.78 is 25.7. The highest BCUT2D eigenvalue weighted by Crippen LogP contribution is 2.16. The van der Waals surface area contributed by atoms with Crippen molar-refractivity contribution in [3.63, 3.8) is 0 Å². The van der Waals surface area contributed by atoms with E-state index in [0.717, 1.165) is 6.07 Å². The molecule has 0 spiro atoms. The number of amides is 1. The lowest BCUT2D eigenvalue weighted by atomic mass is 10.2. The summed E-state index contributed by atoms with van der Waals surface area (Å²) in [5.74, 6) is -1.48. The van der Waals surface area contributed by atoms with Crippen molar-refractivity contribution in [3.05, 3.63) is 59.9 Å². The third-order valence-electron chi connectivity index (χ3n) is 2.49. The fraction of sp³-hybridized carbons (Fsp3) is 0.0769. The largest absolute Gasteiger partial charge is 0.311 e. The van der Waals surface area contributed by atoms with Crippen LogP contribution in [0, 0.1) is 11.8 Å². The molecule has 0 aliphatic carbocycles. The maximum absolute atomic E-state index is 12.9. The van der Waals surface area contributed by atoms with Crippen LogP contribution in [0.15, 0.2) is 42.6 Å². The molecule has 1 aromatic heterocycles. The van der Waals surface area contributed by atoms with E-state index in [4.69, 9.17) is 0 Å². The summed E-state index contributed by atoms with van der Waals surface area (Å²) in [6.07, 6.45) is 1.22. The first-order valence-electron chi connectivity index (χ1n) is 5.23. The number of pyridine rings is 1. The van der Waals surface area contributed by atoms with Crippen LogP contribution in [0.25, 0.3) is 0 Å². The lowest BCUT2D eigenvalue weighted by molar-refractivity contribution is 0.0992. The van der Waals surface area contributed by atoms with Crippen LogP contribution < -0.4 is 4.90 Å². The molecule has 0 fully saturated rings. The smallest absolute Gasteiger partial charge is 0.258 e. The van der Waals surface area contributed by atoms with Crippen LogP contribution in [0.1, 0.15) is 10.4 Å². The lowest BCUT2D eigenvalue weighted by Gasteiger charge is -2.17. The number of nitrogens with zero attached hydrogens (tertiary/aromatic N) is 2. The summed E-state index contributed by atoms with van der Waals surface area (Å²) >= 11 is 0. The second-order valence-electron chi connectivity index (χ2n) is 3.71. The van der Waals surface area contributed by atoms with Gasteiger partial charge in [-0.05, 0) is 30.3 Å². The third kappa shape index (κ3) is 2.51. The first kappa shape index (κ1) is 12.2. The van der Waals surface area contributed by atoms with E-state index in [9.17, 15) is 13.6 Å². The van der Waals surface area contributed by atoms with Crippen molar-refractivity contribution in [1.82, 2.24) is 4.98 Å². The molecular formula is C13H10F2N2O. The molecule has 0 bridgehead atoms. The molecule has 0 saturated carbocycles. The van der Waals surface area contributed by atoms with Crippen molar-refractivity contribution in [2.24, 2.45) is 0 Å².